The Labute approximate surface area is 196 Å². The largest absolute Gasteiger partial charge is 0.497 e. The molecule has 2 heterocycles. The molecule has 0 bridgehead atoms. The Morgan fingerprint density at radius 1 is 1.17 bits per heavy atom. The van der Waals surface area contributed by atoms with Crippen molar-refractivity contribution in [2.24, 2.45) is 4.99 Å². The number of rotatable bonds is 7. The van der Waals surface area contributed by atoms with E-state index in [4.69, 9.17) is 4.74 Å². The molecule has 2 aromatic rings. The van der Waals surface area contributed by atoms with Gasteiger partial charge >= 0.3 is 0 Å². The summed E-state index contributed by atoms with van der Waals surface area (Å²) in [7, 11) is 3.54. The van der Waals surface area contributed by atoms with Crippen molar-refractivity contribution < 1.29 is 4.74 Å². The normalized spacial score (nSPS) is 15.6. The van der Waals surface area contributed by atoms with E-state index in [1.165, 1.54) is 54.2 Å². The van der Waals surface area contributed by atoms with Gasteiger partial charge in [-0.25, -0.2) is 0 Å². The number of likely N-dealkylation sites (tertiary alicyclic amines) is 1. The zero-order valence-electron chi connectivity index (χ0n) is 17.6. The number of ether oxygens (including phenoxy) is 1. The number of aliphatic imine (C=N–C) groups is 1. The van der Waals surface area contributed by atoms with Gasteiger partial charge in [0.1, 0.15) is 5.75 Å². The number of hydrogen-bond donors (Lipinski definition) is 2. The summed E-state index contributed by atoms with van der Waals surface area (Å²) in [6.07, 6.45) is 3.60. The summed E-state index contributed by atoms with van der Waals surface area (Å²) in [5.41, 5.74) is 1.22. The Hall–Kier alpha value is -1.32. The van der Waals surface area contributed by atoms with Gasteiger partial charge < -0.3 is 20.3 Å². The number of guanidine groups is 1. The van der Waals surface area contributed by atoms with Crippen LogP contribution in [0.15, 0.2) is 41.4 Å². The van der Waals surface area contributed by atoms with Gasteiger partial charge in [0, 0.05) is 35.9 Å². The number of hydrogen-bond acceptors (Lipinski definition) is 4. The Morgan fingerprint density at radius 3 is 2.52 bits per heavy atom. The van der Waals surface area contributed by atoms with Crippen molar-refractivity contribution in [3.63, 3.8) is 0 Å². The van der Waals surface area contributed by atoms with Crippen LogP contribution < -0.4 is 15.4 Å². The number of benzene rings is 1. The van der Waals surface area contributed by atoms with Crippen molar-refractivity contribution in [2.75, 3.05) is 33.8 Å². The van der Waals surface area contributed by atoms with Gasteiger partial charge in [0.25, 0.3) is 0 Å². The van der Waals surface area contributed by atoms with E-state index in [0.717, 1.165) is 18.3 Å². The standard InChI is InChI=1S/C22H32N4OS.HI/c1-4-13-26-14-11-18(12-15-26)25-22(23-2)24-16-20-9-10-21(28-20)17-5-7-19(27-3)8-6-17;/h5-10,18H,4,11-16H2,1-3H3,(H2,23,24,25);1H. The van der Waals surface area contributed by atoms with Gasteiger partial charge in [-0.2, -0.15) is 0 Å². The lowest BCUT2D eigenvalue weighted by Gasteiger charge is -2.32. The molecule has 1 aromatic carbocycles. The smallest absolute Gasteiger partial charge is 0.191 e. The average Bonchev–Trinajstić information content (AvgIpc) is 3.21. The zero-order valence-corrected chi connectivity index (χ0v) is 20.8. The zero-order chi connectivity index (χ0) is 19.8. The lowest BCUT2D eigenvalue weighted by Crippen LogP contribution is -2.48. The van der Waals surface area contributed by atoms with Crippen molar-refractivity contribution in [2.45, 2.75) is 38.8 Å². The van der Waals surface area contributed by atoms with Gasteiger partial charge in [-0.1, -0.05) is 6.92 Å². The number of methoxy groups -OCH3 is 1. The molecule has 0 saturated carbocycles. The molecule has 0 aliphatic carbocycles. The first-order valence-electron chi connectivity index (χ1n) is 10.1. The van der Waals surface area contributed by atoms with Crippen LogP contribution in [-0.2, 0) is 6.54 Å². The molecular formula is C22H33IN4OS. The molecule has 5 nitrogen and oxygen atoms in total. The lowest BCUT2D eigenvalue weighted by molar-refractivity contribution is 0.206. The maximum Gasteiger partial charge on any atom is 0.191 e. The van der Waals surface area contributed by atoms with E-state index in [1.807, 2.05) is 30.5 Å². The lowest BCUT2D eigenvalue weighted by atomic mass is 10.1. The minimum absolute atomic E-state index is 0. The fourth-order valence-electron chi connectivity index (χ4n) is 3.56. The van der Waals surface area contributed by atoms with E-state index in [-0.39, 0.29) is 24.0 Å². The third kappa shape index (κ3) is 7.15. The summed E-state index contributed by atoms with van der Waals surface area (Å²) in [5.74, 6) is 1.78. The Morgan fingerprint density at radius 2 is 1.90 bits per heavy atom. The summed E-state index contributed by atoms with van der Waals surface area (Å²) in [4.78, 5) is 9.53. The molecule has 2 N–H and O–H groups in total. The van der Waals surface area contributed by atoms with Gasteiger partial charge in [-0.3, -0.25) is 4.99 Å². The summed E-state index contributed by atoms with van der Waals surface area (Å²) in [6.45, 7) is 6.61. The minimum Gasteiger partial charge on any atom is -0.497 e. The third-order valence-corrected chi connectivity index (χ3v) is 6.29. The van der Waals surface area contributed by atoms with Crippen LogP contribution in [0, 0.1) is 0 Å². The SMILES string of the molecule is CCCN1CCC(NC(=NC)NCc2ccc(-c3ccc(OC)cc3)s2)CC1.I. The van der Waals surface area contributed by atoms with Crippen molar-refractivity contribution in [1.82, 2.24) is 15.5 Å². The monoisotopic (exact) mass is 528 g/mol. The van der Waals surface area contributed by atoms with E-state index < -0.39 is 0 Å². The van der Waals surface area contributed by atoms with Gasteiger partial charge in [0.05, 0.1) is 13.7 Å². The molecule has 0 unspecified atom stereocenters. The van der Waals surface area contributed by atoms with Crippen LogP contribution in [0.3, 0.4) is 0 Å². The second-order valence-electron chi connectivity index (χ2n) is 7.18. The first-order valence-corrected chi connectivity index (χ1v) is 11.0. The summed E-state index contributed by atoms with van der Waals surface area (Å²) in [5, 5.41) is 7.06. The average molecular weight is 529 g/mol. The summed E-state index contributed by atoms with van der Waals surface area (Å²) in [6, 6.07) is 13.1. The molecule has 1 aromatic heterocycles. The minimum atomic E-state index is 0. The molecule has 3 rings (SSSR count). The molecule has 1 saturated heterocycles. The van der Waals surface area contributed by atoms with Crippen molar-refractivity contribution in [3.05, 3.63) is 41.3 Å². The maximum atomic E-state index is 5.24. The first kappa shape index (κ1) is 24.0. The van der Waals surface area contributed by atoms with Gasteiger partial charge in [0.15, 0.2) is 5.96 Å². The number of nitrogens with zero attached hydrogens (tertiary/aromatic N) is 2. The Kier molecular flexibility index (Phi) is 10.2. The second kappa shape index (κ2) is 12.4. The maximum absolute atomic E-state index is 5.24. The van der Waals surface area contributed by atoms with Crippen molar-refractivity contribution in [1.29, 1.82) is 0 Å². The molecule has 7 heteroatoms. The predicted octanol–water partition coefficient (Wildman–Crippen LogP) is 4.58. The van der Waals surface area contributed by atoms with E-state index in [9.17, 15) is 0 Å². The van der Waals surface area contributed by atoms with Crippen LogP contribution >= 0.6 is 35.3 Å². The van der Waals surface area contributed by atoms with Crippen LogP contribution in [0.2, 0.25) is 0 Å². The molecule has 1 fully saturated rings. The van der Waals surface area contributed by atoms with E-state index in [2.05, 4.69) is 51.7 Å². The Balaban J connectivity index is 0.00000300. The molecule has 0 amide bonds. The van der Waals surface area contributed by atoms with E-state index >= 15 is 0 Å². The van der Waals surface area contributed by atoms with Gasteiger partial charge in [-0.15, -0.1) is 35.3 Å². The topological polar surface area (TPSA) is 48.9 Å². The number of halogens is 1. The molecule has 1 aliphatic rings. The number of nitrogens with one attached hydrogen (secondary N) is 2. The summed E-state index contributed by atoms with van der Waals surface area (Å²) >= 11 is 1.81. The van der Waals surface area contributed by atoms with Crippen LogP contribution in [0.5, 0.6) is 5.75 Å². The van der Waals surface area contributed by atoms with E-state index in [0.29, 0.717) is 6.04 Å². The molecule has 160 valence electrons. The molecule has 0 spiro atoms. The van der Waals surface area contributed by atoms with Crippen molar-refractivity contribution in [3.8, 4) is 16.2 Å². The summed E-state index contributed by atoms with van der Waals surface area (Å²) < 4.78 is 5.24. The van der Waals surface area contributed by atoms with Crippen LogP contribution in [0.4, 0.5) is 0 Å². The van der Waals surface area contributed by atoms with Gasteiger partial charge in [0.2, 0.25) is 0 Å². The molecule has 0 atom stereocenters. The molecular weight excluding hydrogens is 495 g/mol. The van der Waals surface area contributed by atoms with Crippen LogP contribution in [-0.4, -0.2) is 50.7 Å². The number of piperidine rings is 1. The Bertz CT molecular complexity index is 754. The van der Waals surface area contributed by atoms with Gasteiger partial charge in [-0.05, 0) is 67.8 Å². The molecule has 29 heavy (non-hydrogen) atoms. The third-order valence-electron chi connectivity index (χ3n) is 5.16. The number of thiophene rings is 1. The fraction of sp³-hybridized carbons (Fsp3) is 0.500. The quantitative estimate of drug-likeness (QED) is 0.314. The van der Waals surface area contributed by atoms with Crippen LogP contribution in [0.1, 0.15) is 31.1 Å². The highest BCUT2D eigenvalue weighted by atomic mass is 127. The van der Waals surface area contributed by atoms with Crippen LogP contribution in [0.25, 0.3) is 10.4 Å². The van der Waals surface area contributed by atoms with E-state index in [1.54, 1.807) is 7.11 Å². The van der Waals surface area contributed by atoms with Crippen molar-refractivity contribution >= 4 is 41.3 Å². The highest BCUT2D eigenvalue weighted by Crippen LogP contribution is 2.29. The fourth-order valence-corrected chi connectivity index (χ4v) is 4.51. The first-order chi connectivity index (χ1) is 13.7. The second-order valence-corrected chi connectivity index (χ2v) is 8.35. The molecule has 0 radical (unpaired) electrons. The highest BCUT2D eigenvalue weighted by Gasteiger charge is 2.19. The predicted molar refractivity (Wildman–Crippen MR) is 135 cm³/mol. The highest BCUT2D eigenvalue weighted by molar-refractivity contribution is 14.0. The molecule has 1 aliphatic heterocycles.